The molecule has 0 saturated heterocycles. The number of halogens is 3. The van der Waals surface area contributed by atoms with Crippen molar-refractivity contribution >= 4 is 11.6 Å². The summed E-state index contributed by atoms with van der Waals surface area (Å²) in [6, 6.07) is 10.0. The van der Waals surface area contributed by atoms with E-state index in [4.69, 9.17) is 9.47 Å². The third kappa shape index (κ3) is 3.59. The zero-order valence-electron chi connectivity index (χ0n) is 14.6. The first-order valence-electron chi connectivity index (χ1n) is 8.71. The molecule has 2 aliphatic rings. The number of anilines is 1. The summed E-state index contributed by atoms with van der Waals surface area (Å²) in [6.45, 7) is 2.67. The van der Waals surface area contributed by atoms with Crippen molar-refractivity contribution in [1.82, 2.24) is 0 Å². The lowest BCUT2D eigenvalue weighted by Gasteiger charge is -2.19. The molecule has 1 saturated carbocycles. The number of amides is 1. The minimum atomic E-state index is -4.16. The average Bonchev–Trinajstić information content (AvgIpc) is 3.42. The van der Waals surface area contributed by atoms with Crippen molar-refractivity contribution in [1.29, 1.82) is 0 Å². The molecule has 2 aromatic rings. The summed E-state index contributed by atoms with van der Waals surface area (Å²) in [5, 5.41) is 2.79. The summed E-state index contributed by atoms with van der Waals surface area (Å²) < 4.78 is 49.2. The second kappa shape index (κ2) is 6.48. The number of aryl methyl sites for hydroxylation is 1. The van der Waals surface area contributed by atoms with Gasteiger partial charge in [-0.15, -0.1) is 0 Å². The summed E-state index contributed by atoms with van der Waals surface area (Å²) in [5.41, 5.74) is 2.27. The summed E-state index contributed by atoms with van der Waals surface area (Å²) in [7, 11) is 0. The van der Waals surface area contributed by atoms with Crippen LogP contribution < -0.4 is 14.8 Å². The van der Waals surface area contributed by atoms with Crippen LogP contribution in [-0.4, -0.2) is 25.3 Å². The van der Waals surface area contributed by atoms with E-state index >= 15 is 0 Å². The molecule has 0 spiro atoms. The number of benzene rings is 2. The first-order chi connectivity index (χ1) is 12.8. The summed E-state index contributed by atoms with van der Waals surface area (Å²) in [5.74, 6) is -0.895. The van der Waals surface area contributed by atoms with Gasteiger partial charge in [0.25, 0.3) is 5.91 Å². The fourth-order valence-electron chi connectivity index (χ4n) is 3.42. The highest BCUT2D eigenvalue weighted by molar-refractivity contribution is 6.05. The minimum absolute atomic E-state index is 0.117. The number of carbonyl (C=O) groups is 1. The van der Waals surface area contributed by atoms with E-state index in [0.717, 1.165) is 0 Å². The number of hydrogen-bond donors (Lipinski definition) is 1. The van der Waals surface area contributed by atoms with Crippen molar-refractivity contribution < 1.29 is 27.4 Å². The Hall–Kier alpha value is -2.70. The number of nitrogens with one attached hydrogen (secondary N) is 1. The van der Waals surface area contributed by atoms with Gasteiger partial charge < -0.3 is 14.8 Å². The van der Waals surface area contributed by atoms with E-state index in [1.165, 1.54) is 0 Å². The standard InChI is InChI=1S/C20H18F3NO3/c1-11-8-12(15-10-16(15)20(21,22)23)2-4-14(11)19(25)24-13-3-5-17-18(9-13)27-7-6-26-17/h2-5,8-9,15-16H,6-7,10H2,1H3,(H,24,25). The van der Waals surface area contributed by atoms with Gasteiger partial charge >= 0.3 is 6.18 Å². The number of ether oxygens (including phenoxy) is 2. The summed E-state index contributed by atoms with van der Waals surface area (Å²) in [4.78, 5) is 12.6. The molecule has 4 nitrogen and oxygen atoms in total. The van der Waals surface area contributed by atoms with Gasteiger partial charge in [0.2, 0.25) is 0 Å². The van der Waals surface area contributed by atoms with Gasteiger partial charge in [0, 0.05) is 17.3 Å². The van der Waals surface area contributed by atoms with E-state index in [-0.39, 0.29) is 12.3 Å². The van der Waals surface area contributed by atoms with E-state index in [1.54, 1.807) is 43.3 Å². The monoisotopic (exact) mass is 377 g/mol. The number of alkyl halides is 3. The second-order valence-electron chi connectivity index (χ2n) is 6.88. The molecule has 2 unspecified atom stereocenters. The Balaban J connectivity index is 1.48. The Kier molecular flexibility index (Phi) is 4.25. The van der Waals surface area contributed by atoms with Gasteiger partial charge in [0.15, 0.2) is 11.5 Å². The van der Waals surface area contributed by atoms with Gasteiger partial charge in [-0.1, -0.05) is 12.1 Å². The van der Waals surface area contributed by atoms with Crippen LogP contribution in [0.5, 0.6) is 11.5 Å². The van der Waals surface area contributed by atoms with Gasteiger partial charge in [-0.05, 0) is 48.6 Å². The number of hydrogen-bond acceptors (Lipinski definition) is 3. The first-order valence-corrected chi connectivity index (χ1v) is 8.71. The number of fused-ring (bicyclic) bond motifs is 1. The van der Waals surface area contributed by atoms with Crippen LogP contribution in [-0.2, 0) is 0 Å². The average molecular weight is 377 g/mol. The van der Waals surface area contributed by atoms with Crippen LogP contribution in [0.15, 0.2) is 36.4 Å². The van der Waals surface area contributed by atoms with E-state index < -0.39 is 18.0 Å². The molecule has 1 heterocycles. The molecule has 4 rings (SSSR count). The molecule has 27 heavy (non-hydrogen) atoms. The van der Waals surface area contributed by atoms with Crippen molar-refractivity contribution in [2.24, 2.45) is 5.92 Å². The van der Waals surface area contributed by atoms with Crippen LogP contribution in [0.2, 0.25) is 0 Å². The van der Waals surface area contributed by atoms with Crippen LogP contribution in [0.1, 0.15) is 33.8 Å². The molecule has 1 aliphatic heterocycles. The number of carbonyl (C=O) groups excluding carboxylic acids is 1. The van der Waals surface area contributed by atoms with Crippen molar-refractivity contribution in [2.45, 2.75) is 25.4 Å². The van der Waals surface area contributed by atoms with Crippen molar-refractivity contribution in [2.75, 3.05) is 18.5 Å². The normalized spacial score (nSPS) is 20.9. The molecule has 0 bridgehead atoms. The van der Waals surface area contributed by atoms with Gasteiger partial charge in [-0.25, -0.2) is 0 Å². The topological polar surface area (TPSA) is 47.6 Å². The van der Waals surface area contributed by atoms with E-state index in [2.05, 4.69) is 5.32 Å². The lowest BCUT2D eigenvalue weighted by Crippen LogP contribution is -2.17. The van der Waals surface area contributed by atoms with Crippen LogP contribution in [0.4, 0.5) is 18.9 Å². The lowest BCUT2D eigenvalue weighted by molar-refractivity contribution is -0.148. The Labute approximate surface area is 154 Å². The van der Waals surface area contributed by atoms with E-state index in [1.807, 2.05) is 0 Å². The molecular formula is C20H18F3NO3. The van der Waals surface area contributed by atoms with Gasteiger partial charge in [-0.3, -0.25) is 4.79 Å². The second-order valence-corrected chi connectivity index (χ2v) is 6.88. The molecular weight excluding hydrogens is 359 g/mol. The maximum Gasteiger partial charge on any atom is 0.392 e. The van der Waals surface area contributed by atoms with Crippen molar-refractivity contribution in [3.8, 4) is 11.5 Å². The molecule has 1 fully saturated rings. The highest BCUT2D eigenvalue weighted by atomic mass is 19.4. The highest BCUT2D eigenvalue weighted by Gasteiger charge is 2.56. The molecule has 1 aliphatic carbocycles. The summed E-state index contributed by atoms with van der Waals surface area (Å²) >= 11 is 0. The fourth-order valence-corrected chi connectivity index (χ4v) is 3.42. The molecule has 2 atom stereocenters. The molecule has 1 amide bonds. The fraction of sp³-hybridized carbons (Fsp3) is 0.350. The van der Waals surface area contributed by atoms with Crippen LogP contribution in [0, 0.1) is 12.8 Å². The van der Waals surface area contributed by atoms with Crippen LogP contribution in [0.3, 0.4) is 0 Å². The van der Waals surface area contributed by atoms with Gasteiger partial charge in [-0.2, -0.15) is 13.2 Å². The minimum Gasteiger partial charge on any atom is -0.486 e. The lowest BCUT2D eigenvalue weighted by atomic mass is 10.0. The molecule has 1 N–H and O–H groups in total. The summed E-state index contributed by atoms with van der Waals surface area (Å²) in [6.07, 6.45) is -4.04. The third-order valence-electron chi connectivity index (χ3n) is 4.93. The Morgan fingerprint density at radius 2 is 1.81 bits per heavy atom. The molecule has 142 valence electrons. The molecule has 0 radical (unpaired) electrons. The Morgan fingerprint density at radius 1 is 1.07 bits per heavy atom. The predicted octanol–water partition coefficient (Wildman–Crippen LogP) is 4.68. The largest absolute Gasteiger partial charge is 0.486 e. The smallest absolute Gasteiger partial charge is 0.392 e. The Morgan fingerprint density at radius 3 is 2.48 bits per heavy atom. The quantitative estimate of drug-likeness (QED) is 0.845. The highest BCUT2D eigenvalue weighted by Crippen LogP contribution is 2.56. The SMILES string of the molecule is Cc1cc(C2CC2C(F)(F)F)ccc1C(=O)Nc1ccc2c(c1)OCCO2. The zero-order valence-corrected chi connectivity index (χ0v) is 14.6. The maximum absolute atomic E-state index is 12.8. The van der Waals surface area contributed by atoms with Crippen LogP contribution in [0.25, 0.3) is 0 Å². The first kappa shape index (κ1) is 17.7. The van der Waals surface area contributed by atoms with Gasteiger partial charge in [0.1, 0.15) is 13.2 Å². The van der Waals surface area contributed by atoms with Crippen molar-refractivity contribution in [3.63, 3.8) is 0 Å². The maximum atomic E-state index is 12.8. The van der Waals surface area contributed by atoms with E-state index in [0.29, 0.717) is 47.1 Å². The zero-order chi connectivity index (χ0) is 19.2. The van der Waals surface area contributed by atoms with Crippen molar-refractivity contribution in [3.05, 3.63) is 53.1 Å². The molecule has 7 heteroatoms. The predicted molar refractivity (Wildman–Crippen MR) is 93.5 cm³/mol. The Bertz CT molecular complexity index is 895. The third-order valence-corrected chi connectivity index (χ3v) is 4.93. The van der Waals surface area contributed by atoms with E-state index in [9.17, 15) is 18.0 Å². The van der Waals surface area contributed by atoms with Gasteiger partial charge in [0.05, 0.1) is 5.92 Å². The number of rotatable bonds is 3. The molecule has 2 aromatic carbocycles. The van der Waals surface area contributed by atoms with Crippen LogP contribution >= 0.6 is 0 Å². The molecule has 0 aromatic heterocycles.